The summed E-state index contributed by atoms with van der Waals surface area (Å²) in [5.74, 6) is -0.129. The molecule has 0 saturated heterocycles. The van der Waals surface area contributed by atoms with Gasteiger partial charge in [-0.05, 0) is 29.1 Å². The van der Waals surface area contributed by atoms with Crippen molar-refractivity contribution in [2.75, 3.05) is 0 Å². The molecule has 0 aliphatic carbocycles. The average molecular weight is 279 g/mol. The van der Waals surface area contributed by atoms with Gasteiger partial charge in [0.15, 0.2) is 0 Å². The zero-order valence-corrected chi connectivity index (χ0v) is 11.0. The minimum atomic E-state index is -0.129. The van der Waals surface area contributed by atoms with E-state index in [4.69, 9.17) is 11.6 Å². The number of halogens is 1. The molecule has 0 bridgehead atoms. The van der Waals surface area contributed by atoms with Crippen LogP contribution in [0.1, 0.15) is 10.4 Å². The van der Waals surface area contributed by atoms with Gasteiger partial charge in [0.05, 0.1) is 12.6 Å². The Kier molecular flexibility index (Phi) is 4.50. The van der Waals surface area contributed by atoms with Gasteiger partial charge < -0.3 is 0 Å². The number of hydrazone groups is 1. The second-order valence-electron chi connectivity index (χ2n) is 3.60. The van der Waals surface area contributed by atoms with E-state index in [1.807, 2.05) is 29.6 Å². The summed E-state index contributed by atoms with van der Waals surface area (Å²) in [6.45, 7) is 0. The largest absolute Gasteiger partial charge is 0.273 e. The second-order valence-corrected chi connectivity index (χ2v) is 5.07. The van der Waals surface area contributed by atoms with E-state index in [9.17, 15) is 4.79 Å². The van der Waals surface area contributed by atoms with Gasteiger partial charge in [-0.25, -0.2) is 5.43 Å². The van der Waals surface area contributed by atoms with Crippen LogP contribution in [0.3, 0.4) is 0 Å². The third kappa shape index (κ3) is 3.98. The van der Waals surface area contributed by atoms with Crippen LogP contribution in [-0.2, 0) is 11.2 Å². The Morgan fingerprint density at radius 2 is 2.28 bits per heavy atom. The fourth-order valence-corrected chi connectivity index (χ4v) is 2.28. The number of nitrogens with zero attached hydrogens (tertiary/aromatic N) is 1. The van der Waals surface area contributed by atoms with Crippen molar-refractivity contribution in [3.63, 3.8) is 0 Å². The molecule has 0 spiro atoms. The highest BCUT2D eigenvalue weighted by molar-refractivity contribution is 7.10. The number of hydrogen-bond acceptors (Lipinski definition) is 3. The van der Waals surface area contributed by atoms with Crippen LogP contribution < -0.4 is 5.43 Å². The summed E-state index contributed by atoms with van der Waals surface area (Å²) in [6, 6.07) is 11.1. The van der Waals surface area contributed by atoms with Crippen LogP contribution >= 0.6 is 22.9 Å². The zero-order chi connectivity index (χ0) is 12.8. The lowest BCUT2D eigenvalue weighted by Gasteiger charge is -1.97. The van der Waals surface area contributed by atoms with Gasteiger partial charge in [0.1, 0.15) is 0 Å². The molecule has 1 aromatic carbocycles. The minimum absolute atomic E-state index is 0.129. The van der Waals surface area contributed by atoms with Crippen molar-refractivity contribution in [3.8, 4) is 0 Å². The zero-order valence-electron chi connectivity index (χ0n) is 9.47. The highest BCUT2D eigenvalue weighted by Crippen LogP contribution is 2.09. The molecule has 3 nitrogen and oxygen atoms in total. The number of carbonyl (C=O) groups excluding carboxylic acids is 1. The predicted molar refractivity (Wildman–Crippen MR) is 75.2 cm³/mol. The van der Waals surface area contributed by atoms with Crippen LogP contribution in [0.2, 0.25) is 5.02 Å². The van der Waals surface area contributed by atoms with Gasteiger partial charge in [0.25, 0.3) is 0 Å². The molecule has 0 fully saturated rings. The molecule has 0 unspecified atom stereocenters. The topological polar surface area (TPSA) is 41.5 Å². The molecule has 2 aromatic rings. The minimum Gasteiger partial charge on any atom is -0.273 e. The third-order valence-electron chi connectivity index (χ3n) is 2.17. The van der Waals surface area contributed by atoms with Crippen LogP contribution in [0.25, 0.3) is 0 Å². The van der Waals surface area contributed by atoms with Gasteiger partial charge in [-0.3, -0.25) is 4.79 Å². The van der Waals surface area contributed by atoms with Crippen molar-refractivity contribution in [1.29, 1.82) is 0 Å². The molecular weight excluding hydrogens is 268 g/mol. The van der Waals surface area contributed by atoms with E-state index in [2.05, 4.69) is 10.5 Å². The van der Waals surface area contributed by atoms with Gasteiger partial charge in [0, 0.05) is 9.90 Å². The fraction of sp³-hybridized carbons (Fsp3) is 0.0769. The maximum Gasteiger partial charge on any atom is 0.245 e. The Hall–Kier alpha value is -1.65. The van der Waals surface area contributed by atoms with Crippen molar-refractivity contribution in [2.24, 2.45) is 5.10 Å². The molecule has 18 heavy (non-hydrogen) atoms. The van der Waals surface area contributed by atoms with Crippen LogP contribution in [0.15, 0.2) is 46.9 Å². The Balaban J connectivity index is 1.86. The maximum absolute atomic E-state index is 11.5. The van der Waals surface area contributed by atoms with Gasteiger partial charge in [0.2, 0.25) is 5.91 Å². The van der Waals surface area contributed by atoms with Gasteiger partial charge >= 0.3 is 0 Å². The number of nitrogens with one attached hydrogen (secondary N) is 1. The maximum atomic E-state index is 11.5. The Morgan fingerprint density at radius 3 is 3.00 bits per heavy atom. The average Bonchev–Trinajstić information content (AvgIpc) is 2.82. The number of carbonyl (C=O) groups is 1. The van der Waals surface area contributed by atoms with Crippen LogP contribution in [0.5, 0.6) is 0 Å². The first-order chi connectivity index (χ1) is 8.74. The molecule has 0 aliphatic heterocycles. The number of thiophene rings is 1. The summed E-state index contributed by atoms with van der Waals surface area (Å²) in [5.41, 5.74) is 3.33. The summed E-state index contributed by atoms with van der Waals surface area (Å²) in [6.07, 6.45) is 1.92. The van der Waals surface area contributed by atoms with Crippen LogP contribution in [0.4, 0.5) is 0 Å². The highest BCUT2D eigenvalue weighted by Gasteiger charge is 2.01. The standard InChI is InChI=1S/C13H11ClN2OS/c14-11-4-1-3-10(7-11)9-15-16-13(17)8-12-5-2-6-18-12/h1-7,9H,8H2,(H,16,17). The van der Waals surface area contributed by atoms with Crippen molar-refractivity contribution in [2.45, 2.75) is 6.42 Å². The van der Waals surface area contributed by atoms with E-state index in [1.54, 1.807) is 29.7 Å². The molecule has 0 radical (unpaired) electrons. The summed E-state index contributed by atoms with van der Waals surface area (Å²) in [7, 11) is 0. The van der Waals surface area contributed by atoms with E-state index in [0.29, 0.717) is 11.4 Å². The Bertz CT molecular complexity index is 552. The van der Waals surface area contributed by atoms with Crippen LogP contribution in [-0.4, -0.2) is 12.1 Å². The normalized spacial score (nSPS) is 10.7. The van der Waals surface area contributed by atoms with Crippen LogP contribution in [0, 0.1) is 0 Å². The van der Waals surface area contributed by atoms with Gasteiger partial charge in [-0.15, -0.1) is 11.3 Å². The lowest BCUT2D eigenvalue weighted by molar-refractivity contribution is -0.120. The Morgan fingerprint density at radius 1 is 1.39 bits per heavy atom. The molecule has 1 N–H and O–H groups in total. The summed E-state index contributed by atoms with van der Waals surface area (Å²) >= 11 is 7.39. The molecule has 0 saturated carbocycles. The summed E-state index contributed by atoms with van der Waals surface area (Å²) < 4.78 is 0. The third-order valence-corrected chi connectivity index (χ3v) is 3.28. The van der Waals surface area contributed by atoms with E-state index in [-0.39, 0.29) is 5.91 Å². The first-order valence-corrected chi connectivity index (χ1v) is 6.59. The lowest BCUT2D eigenvalue weighted by atomic mass is 10.2. The molecule has 1 aromatic heterocycles. The highest BCUT2D eigenvalue weighted by atomic mass is 35.5. The first kappa shape index (κ1) is 12.8. The SMILES string of the molecule is O=C(Cc1cccs1)NN=Cc1cccc(Cl)c1. The molecule has 92 valence electrons. The molecule has 5 heteroatoms. The van der Waals surface area contributed by atoms with Crippen molar-refractivity contribution in [1.82, 2.24) is 5.43 Å². The number of rotatable bonds is 4. The summed E-state index contributed by atoms with van der Waals surface area (Å²) in [4.78, 5) is 12.5. The molecule has 1 heterocycles. The second kappa shape index (κ2) is 6.33. The molecule has 0 aliphatic rings. The quantitative estimate of drug-likeness (QED) is 0.678. The molecular formula is C13H11ClN2OS. The summed E-state index contributed by atoms with van der Waals surface area (Å²) in [5, 5.41) is 6.47. The van der Waals surface area contributed by atoms with Gasteiger partial charge in [-0.1, -0.05) is 29.8 Å². The van der Waals surface area contributed by atoms with E-state index < -0.39 is 0 Å². The van der Waals surface area contributed by atoms with Crippen molar-refractivity contribution < 1.29 is 4.79 Å². The monoisotopic (exact) mass is 278 g/mol. The van der Waals surface area contributed by atoms with Gasteiger partial charge in [-0.2, -0.15) is 5.10 Å². The molecule has 1 amide bonds. The molecule has 2 rings (SSSR count). The van der Waals surface area contributed by atoms with E-state index >= 15 is 0 Å². The lowest BCUT2D eigenvalue weighted by Crippen LogP contribution is -2.19. The number of benzene rings is 1. The predicted octanol–water partition coefficient (Wildman–Crippen LogP) is 3.09. The van der Waals surface area contributed by atoms with Crippen molar-refractivity contribution in [3.05, 3.63) is 57.2 Å². The molecule has 0 atom stereocenters. The first-order valence-electron chi connectivity index (χ1n) is 5.34. The Labute approximate surface area is 114 Å². The van der Waals surface area contributed by atoms with E-state index in [1.165, 1.54) is 0 Å². The van der Waals surface area contributed by atoms with E-state index in [0.717, 1.165) is 10.4 Å². The number of hydrogen-bond donors (Lipinski definition) is 1. The fourth-order valence-electron chi connectivity index (χ4n) is 1.38. The van der Waals surface area contributed by atoms with Crippen molar-refractivity contribution >= 4 is 35.1 Å². The number of amides is 1. The smallest absolute Gasteiger partial charge is 0.245 e.